The van der Waals surface area contributed by atoms with Gasteiger partial charge in [0.1, 0.15) is 18.1 Å². The molecule has 1 fully saturated rings. The molecule has 0 atom stereocenters. The average molecular weight is 575 g/mol. The number of benzene rings is 1. The molecule has 0 saturated carbocycles. The average Bonchev–Trinajstić information content (AvgIpc) is 3.33. The van der Waals surface area contributed by atoms with Crippen molar-refractivity contribution in [2.75, 3.05) is 26.2 Å². The van der Waals surface area contributed by atoms with E-state index in [2.05, 4.69) is 31.6 Å². The predicted octanol–water partition coefficient (Wildman–Crippen LogP) is 4.39. The van der Waals surface area contributed by atoms with Crippen LogP contribution in [0.25, 0.3) is 11.3 Å². The number of carbonyl (C=O) groups excluding carboxylic acids is 1. The SMILES string of the molecule is CCNC(=NCc1ccc(-c2ccc(Br)cc2)o1)NCCCN1CCCC1=O.I. The van der Waals surface area contributed by atoms with Crippen LogP contribution in [-0.2, 0) is 11.3 Å². The molecule has 1 aliphatic rings. The Kier molecular flexibility index (Phi) is 9.99. The zero-order valence-corrected chi connectivity index (χ0v) is 20.5. The summed E-state index contributed by atoms with van der Waals surface area (Å²) in [5, 5.41) is 6.57. The lowest BCUT2D eigenvalue weighted by molar-refractivity contribution is -0.127. The van der Waals surface area contributed by atoms with Crippen LogP contribution >= 0.6 is 39.9 Å². The molecule has 0 unspecified atom stereocenters. The Bertz CT molecular complexity index is 807. The smallest absolute Gasteiger partial charge is 0.222 e. The van der Waals surface area contributed by atoms with Crippen LogP contribution in [0.2, 0.25) is 0 Å². The Balaban J connectivity index is 0.00000300. The van der Waals surface area contributed by atoms with E-state index in [1.165, 1.54) is 0 Å². The number of furan rings is 1. The summed E-state index contributed by atoms with van der Waals surface area (Å²) in [7, 11) is 0. The van der Waals surface area contributed by atoms with E-state index in [0.29, 0.717) is 13.0 Å². The molecule has 6 nitrogen and oxygen atoms in total. The van der Waals surface area contributed by atoms with Crippen LogP contribution < -0.4 is 10.6 Å². The maximum absolute atomic E-state index is 11.6. The number of hydrogen-bond acceptors (Lipinski definition) is 3. The molecule has 0 bridgehead atoms. The first-order chi connectivity index (χ1) is 13.7. The fraction of sp³-hybridized carbons (Fsp3) is 0.429. The van der Waals surface area contributed by atoms with Crippen molar-refractivity contribution in [1.29, 1.82) is 0 Å². The minimum Gasteiger partial charge on any atom is -0.459 e. The van der Waals surface area contributed by atoms with Crippen molar-refractivity contribution in [2.24, 2.45) is 4.99 Å². The molecule has 2 heterocycles. The van der Waals surface area contributed by atoms with Gasteiger partial charge in [-0.25, -0.2) is 4.99 Å². The Morgan fingerprint density at radius 1 is 1.21 bits per heavy atom. The maximum atomic E-state index is 11.6. The lowest BCUT2D eigenvalue weighted by Gasteiger charge is -2.16. The highest BCUT2D eigenvalue weighted by Gasteiger charge is 2.18. The molecule has 1 aliphatic heterocycles. The zero-order valence-electron chi connectivity index (χ0n) is 16.6. The van der Waals surface area contributed by atoms with Crippen molar-refractivity contribution >= 4 is 51.8 Å². The Hall–Kier alpha value is -1.55. The first kappa shape index (κ1) is 23.7. The van der Waals surface area contributed by atoms with Crippen molar-refractivity contribution in [1.82, 2.24) is 15.5 Å². The fourth-order valence-electron chi connectivity index (χ4n) is 3.15. The minimum absolute atomic E-state index is 0. The Morgan fingerprint density at radius 2 is 2.00 bits per heavy atom. The van der Waals surface area contributed by atoms with Gasteiger partial charge in [0.25, 0.3) is 0 Å². The van der Waals surface area contributed by atoms with Gasteiger partial charge in [-0.2, -0.15) is 0 Å². The maximum Gasteiger partial charge on any atom is 0.222 e. The topological polar surface area (TPSA) is 69.9 Å². The fourth-order valence-corrected chi connectivity index (χ4v) is 3.41. The first-order valence-electron chi connectivity index (χ1n) is 9.80. The third-order valence-corrected chi connectivity index (χ3v) is 5.12. The Labute approximate surface area is 197 Å². The second-order valence-corrected chi connectivity index (χ2v) is 7.65. The highest BCUT2D eigenvalue weighted by atomic mass is 127. The van der Waals surface area contributed by atoms with Gasteiger partial charge in [-0.05, 0) is 44.0 Å². The van der Waals surface area contributed by atoms with Crippen LogP contribution in [0.3, 0.4) is 0 Å². The Morgan fingerprint density at radius 3 is 2.69 bits per heavy atom. The summed E-state index contributed by atoms with van der Waals surface area (Å²) in [6, 6.07) is 12.0. The van der Waals surface area contributed by atoms with Crippen LogP contribution in [-0.4, -0.2) is 42.9 Å². The second kappa shape index (κ2) is 12.2. The van der Waals surface area contributed by atoms with Gasteiger partial charge in [0, 0.05) is 42.6 Å². The van der Waals surface area contributed by atoms with E-state index >= 15 is 0 Å². The monoisotopic (exact) mass is 574 g/mol. The van der Waals surface area contributed by atoms with Gasteiger partial charge in [0.05, 0.1) is 0 Å². The van der Waals surface area contributed by atoms with Gasteiger partial charge in [-0.15, -0.1) is 24.0 Å². The molecule has 0 aliphatic carbocycles. The molecule has 1 aromatic carbocycles. The van der Waals surface area contributed by atoms with Crippen LogP contribution in [0.15, 0.2) is 50.3 Å². The molecule has 8 heteroatoms. The number of carbonyl (C=O) groups is 1. The van der Waals surface area contributed by atoms with E-state index in [1.807, 2.05) is 48.2 Å². The third-order valence-electron chi connectivity index (χ3n) is 4.60. The van der Waals surface area contributed by atoms with Gasteiger partial charge >= 0.3 is 0 Å². The number of likely N-dealkylation sites (tertiary alicyclic amines) is 1. The molecule has 29 heavy (non-hydrogen) atoms. The number of guanidine groups is 1. The van der Waals surface area contributed by atoms with Crippen molar-refractivity contribution < 1.29 is 9.21 Å². The van der Waals surface area contributed by atoms with Gasteiger partial charge in [0.15, 0.2) is 5.96 Å². The molecular formula is C21H28BrIN4O2. The third kappa shape index (κ3) is 7.33. The van der Waals surface area contributed by atoms with Crippen LogP contribution in [0, 0.1) is 0 Å². The highest BCUT2D eigenvalue weighted by molar-refractivity contribution is 14.0. The van der Waals surface area contributed by atoms with Gasteiger partial charge in [-0.1, -0.05) is 28.1 Å². The summed E-state index contributed by atoms with van der Waals surface area (Å²) in [6.07, 6.45) is 2.59. The quantitative estimate of drug-likeness (QED) is 0.212. The summed E-state index contributed by atoms with van der Waals surface area (Å²) in [5.74, 6) is 2.69. The molecule has 0 radical (unpaired) electrons. The van der Waals surface area contributed by atoms with E-state index in [-0.39, 0.29) is 29.9 Å². The van der Waals surface area contributed by atoms with Gasteiger partial charge in [-0.3, -0.25) is 4.79 Å². The van der Waals surface area contributed by atoms with Crippen LogP contribution in [0.5, 0.6) is 0 Å². The van der Waals surface area contributed by atoms with E-state index in [1.54, 1.807) is 0 Å². The second-order valence-electron chi connectivity index (χ2n) is 6.73. The lowest BCUT2D eigenvalue weighted by Crippen LogP contribution is -2.39. The molecule has 1 aromatic heterocycles. The number of nitrogens with one attached hydrogen (secondary N) is 2. The summed E-state index contributed by atoms with van der Waals surface area (Å²) in [5.41, 5.74) is 1.04. The number of amides is 1. The summed E-state index contributed by atoms with van der Waals surface area (Å²) < 4.78 is 6.97. The highest BCUT2D eigenvalue weighted by Crippen LogP contribution is 2.24. The molecule has 2 aromatic rings. The number of hydrogen-bond donors (Lipinski definition) is 2. The number of halogens is 2. The van der Waals surface area contributed by atoms with Crippen molar-refractivity contribution in [3.05, 3.63) is 46.6 Å². The van der Waals surface area contributed by atoms with E-state index in [9.17, 15) is 4.79 Å². The standard InChI is InChI=1S/C21H27BrN4O2.HI/c1-2-23-21(24-12-4-14-26-13-3-5-20(26)27)25-15-18-10-11-19(28-18)16-6-8-17(22)9-7-16;/h6-11H,2-5,12-15H2,1H3,(H2,23,24,25);1H. The molecule has 158 valence electrons. The van der Waals surface area contributed by atoms with E-state index in [0.717, 1.165) is 66.5 Å². The summed E-state index contributed by atoms with van der Waals surface area (Å²) in [6.45, 7) is 5.78. The van der Waals surface area contributed by atoms with Crippen LogP contribution in [0.4, 0.5) is 0 Å². The summed E-state index contributed by atoms with van der Waals surface area (Å²) >= 11 is 3.44. The summed E-state index contributed by atoms with van der Waals surface area (Å²) in [4.78, 5) is 18.2. The van der Waals surface area contributed by atoms with Crippen molar-refractivity contribution in [3.63, 3.8) is 0 Å². The minimum atomic E-state index is 0. The van der Waals surface area contributed by atoms with Gasteiger partial charge < -0.3 is 20.0 Å². The first-order valence-corrected chi connectivity index (χ1v) is 10.6. The van der Waals surface area contributed by atoms with Crippen LogP contribution in [0.1, 0.15) is 31.9 Å². The predicted molar refractivity (Wildman–Crippen MR) is 131 cm³/mol. The molecule has 0 spiro atoms. The van der Waals surface area contributed by atoms with E-state index < -0.39 is 0 Å². The molecular weight excluding hydrogens is 547 g/mol. The number of rotatable bonds is 8. The molecule has 1 saturated heterocycles. The van der Waals surface area contributed by atoms with Gasteiger partial charge in [0.2, 0.25) is 5.91 Å². The molecule has 3 rings (SSSR count). The van der Waals surface area contributed by atoms with Crippen molar-refractivity contribution in [3.8, 4) is 11.3 Å². The number of nitrogens with zero attached hydrogens (tertiary/aromatic N) is 2. The van der Waals surface area contributed by atoms with E-state index in [4.69, 9.17) is 4.42 Å². The normalized spacial score (nSPS) is 14.1. The molecule has 1 amide bonds. The lowest BCUT2D eigenvalue weighted by atomic mass is 10.2. The number of aliphatic imine (C=N–C) groups is 1. The zero-order chi connectivity index (χ0) is 19.8. The largest absolute Gasteiger partial charge is 0.459 e. The molecule has 2 N–H and O–H groups in total. The van der Waals surface area contributed by atoms with Crippen molar-refractivity contribution in [2.45, 2.75) is 32.7 Å².